The summed E-state index contributed by atoms with van der Waals surface area (Å²) in [5.74, 6) is -0.102. The summed E-state index contributed by atoms with van der Waals surface area (Å²) < 4.78 is 5.45. The van der Waals surface area contributed by atoms with Crippen molar-refractivity contribution >= 4 is 11.9 Å². The van der Waals surface area contributed by atoms with Gasteiger partial charge < -0.3 is 20.3 Å². The molecule has 0 aromatic carbocycles. The predicted octanol–water partition coefficient (Wildman–Crippen LogP) is 17.0. The molecule has 0 spiro atoms. The van der Waals surface area contributed by atoms with E-state index in [9.17, 15) is 19.8 Å². The fourth-order valence-corrected chi connectivity index (χ4v) is 8.26. The average Bonchev–Trinajstić information content (AvgIpc) is 3.29. The van der Waals surface area contributed by atoms with Gasteiger partial charge in [-0.25, -0.2) is 0 Å². The third-order valence-corrected chi connectivity index (χ3v) is 12.6. The lowest BCUT2D eigenvalue weighted by atomic mass is 10.0. The molecule has 374 valence electrons. The topological polar surface area (TPSA) is 95.9 Å². The monoisotopic (exact) mass is 898 g/mol. The minimum absolute atomic E-state index is 0.0227. The average molecular weight is 898 g/mol. The zero-order valence-electron chi connectivity index (χ0n) is 42.5. The lowest BCUT2D eigenvalue weighted by Crippen LogP contribution is -2.45. The van der Waals surface area contributed by atoms with Crippen LogP contribution in [0.5, 0.6) is 0 Å². The zero-order chi connectivity index (χ0) is 46.5. The van der Waals surface area contributed by atoms with Gasteiger partial charge >= 0.3 is 5.97 Å². The Hall–Kier alpha value is -2.18. The number of carbonyl (C=O) groups is 2. The maximum atomic E-state index is 12.4. The van der Waals surface area contributed by atoms with Crippen molar-refractivity contribution in [3.05, 3.63) is 48.6 Å². The second-order valence-electron chi connectivity index (χ2n) is 18.9. The van der Waals surface area contributed by atoms with Gasteiger partial charge in [-0.05, 0) is 89.9 Å². The van der Waals surface area contributed by atoms with E-state index in [2.05, 4.69) is 55.6 Å². The summed E-state index contributed by atoms with van der Waals surface area (Å²) in [7, 11) is 0. The first-order valence-electron chi connectivity index (χ1n) is 27.9. The first kappa shape index (κ1) is 61.8. The Morgan fingerprint density at radius 1 is 0.438 bits per heavy atom. The van der Waals surface area contributed by atoms with Crippen LogP contribution in [0.3, 0.4) is 0 Å². The van der Waals surface area contributed by atoms with Crippen LogP contribution < -0.4 is 5.32 Å². The largest absolute Gasteiger partial charge is 0.466 e. The van der Waals surface area contributed by atoms with Crippen molar-refractivity contribution in [1.82, 2.24) is 5.32 Å². The molecule has 6 nitrogen and oxygen atoms in total. The van der Waals surface area contributed by atoms with Gasteiger partial charge in [0.05, 0.1) is 25.4 Å². The molecule has 0 rings (SSSR count). The van der Waals surface area contributed by atoms with Crippen LogP contribution in [0.1, 0.15) is 284 Å². The van der Waals surface area contributed by atoms with E-state index >= 15 is 0 Å². The Morgan fingerprint density at radius 2 is 0.781 bits per heavy atom. The summed E-state index contributed by atoms with van der Waals surface area (Å²) in [5, 5.41) is 23.0. The molecule has 0 heterocycles. The van der Waals surface area contributed by atoms with E-state index in [1.165, 1.54) is 180 Å². The summed E-state index contributed by atoms with van der Waals surface area (Å²) in [6, 6.07) is -0.635. The lowest BCUT2D eigenvalue weighted by Gasteiger charge is -2.20. The highest BCUT2D eigenvalue weighted by atomic mass is 16.5. The van der Waals surface area contributed by atoms with E-state index in [-0.39, 0.29) is 18.5 Å². The lowest BCUT2D eigenvalue weighted by molar-refractivity contribution is -0.143. The number of nitrogens with one attached hydrogen (secondary N) is 1. The molecular weight excluding hydrogens is 791 g/mol. The van der Waals surface area contributed by atoms with Crippen LogP contribution in [-0.4, -0.2) is 47.4 Å². The maximum absolute atomic E-state index is 12.4. The van der Waals surface area contributed by atoms with Crippen molar-refractivity contribution in [3.8, 4) is 0 Å². The number of aliphatic hydroxyl groups is 2. The highest BCUT2D eigenvalue weighted by Gasteiger charge is 2.18. The van der Waals surface area contributed by atoms with Crippen LogP contribution in [0.4, 0.5) is 0 Å². The third kappa shape index (κ3) is 49.3. The van der Waals surface area contributed by atoms with Gasteiger partial charge in [-0.15, -0.1) is 0 Å². The molecule has 0 bridgehead atoms. The molecule has 0 radical (unpaired) electrons. The van der Waals surface area contributed by atoms with Crippen molar-refractivity contribution < 1.29 is 24.5 Å². The molecule has 3 N–H and O–H groups in total. The molecule has 0 aliphatic rings. The predicted molar refractivity (Wildman–Crippen MR) is 278 cm³/mol. The quantitative estimate of drug-likeness (QED) is 0.0245. The Labute approximate surface area is 397 Å². The maximum Gasteiger partial charge on any atom is 0.305 e. The van der Waals surface area contributed by atoms with Gasteiger partial charge in [0.15, 0.2) is 0 Å². The van der Waals surface area contributed by atoms with Crippen LogP contribution in [0.25, 0.3) is 0 Å². The van der Waals surface area contributed by atoms with Gasteiger partial charge in [0.2, 0.25) is 5.91 Å². The first-order chi connectivity index (χ1) is 31.5. The number of allylic oxidation sites excluding steroid dienone is 7. The summed E-state index contributed by atoms with van der Waals surface area (Å²) in [5.41, 5.74) is 0. The van der Waals surface area contributed by atoms with E-state index in [1.54, 1.807) is 6.08 Å². The number of hydrogen-bond donors (Lipinski definition) is 3. The Morgan fingerprint density at radius 3 is 1.20 bits per heavy atom. The fourth-order valence-electron chi connectivity index (χ4n) is 8.26. The minimum Gasteiger partial charge on any atom is -0.466 e. The molecule has 64 heavy (non-hydrogen) atoms. The van der Waals surface area contributed by atoms with Gasteiger partial charge in [0, 0.05) is 12.8 Å². The van der Waals surface area contributed by atoms with Crippen molar-refractivity contribution in [2.24, 2.45) is 0 Å². The molecule has 0 saturated heterocycles. The summed E-state index contributed by atoms with van der Waals surface area (Å²) >= 11 is 0. The van der Waals surface area contributed by atoms with Crippen molar-refractivity contribution in [2.45, 2.75) is 296 Å². The number of unbranched alkanes of at least 4 members (excludes halogenated alkanes) is 35. The number of esters is 1. The molecule has 0 aromatic rings. The number of ether oxygens (including phenoxy) is 1. The van der Waals surface area contributed by atoms with Crippen molar-refractivity contribution in [2.75, 3.05) is 13.2 Å². The van der Waals surface area contributed by atoms with Gasteiger partial charge in [0.25, 0.3) is 0 Å². The van der Waals surface area contributed by atoms with Crippen LogP contribution in [0, 0.1) is 0 Å². The van der Waals surface area contributed by atoms with E-state index in [4.69, 9.17) is 4.74 Å². The van der Waals surface area contributed by atoms with Crippen LogP contribution >= 0.6 is 0 Å². The second-order valence-corrected chi connectivity index (χ2v) is 18.9. The molecule has 2 atom stereocenters. The zero-order valence-corrected chi connectivity index (χ0v) is 42.5. The number of rotatable bonds is 51. The molecule has 0 aromatic heterocycles. The van der Waals surface area contributed by atoms with Gasteiger partial charge in [-0.2, -0.15) is 0 Å². The van der Waals surface area contributed by atoms with E-state index in [1.807, 2.05) is 6.08 Å². The Balaban J connectivity index is 3.51. The van der Waals surface area contributed by atoms with Crippen LogP contribution in [0.2, 0.25) is 0 Å². The van der Waals surface area contributed by atoms with Crippen molar-refractivity contribution in [1.29, 1.82) is 0 Å². The van der Waals surface area contributed by atoms with Crippen molar-refractivity contribution in [3.63, 3.8) is 0 Å². The Kier molecular flexibility index (Phi) is 51.6. The molecule has 6 heteroatoms. The SMILES string of the molecule is CCCCCCCC/C=C\CCCCCCCC(=O)OCCCCC/C=C\C=C/CCCCCCCCCCCCC(=O)NC(CO)C(O)/C=C/CCCCCCCCCCCCC. The van der Waals surface area contributed by atoms with E-state index < -0.39 is 12.1 Å². The third-order valence-electron chi connectivity index (χ3n) is 12.6. The molecule has 1 amide bonds. The minimum atomic E-state index is -0.851. The second kappa shape index (κ2) is 53.4. The molecule has 0 aliphatic heterocycles. The highest BCUT2D eigenvalue weighted by molar-refractivity contribution is 5.76. The highest BCUT2D eigenvalue weighted by Crippen LogP contribution is 2.15. The molecule has 0 saturated carbocycles. The normalized spacial score (nSPS) is 13.0. The number of amides is 1. The standard InChI is InChI=1S/C58H107NO5/c1-3-5-7-9-11-13-15-17-23-28-32-36-40-44-48-52-58(63)64-53-49-45-41-37-33-29-25-22-20-18-19-21-24-27-31-35-39-43-47-51-57(62)59-55(54-60)56(61)50-46-42-38-34-30-26-16-14-12-10-8-6-4-2/h17,22-23,25,29,33,46,50,55-56,60-61H,3-16,18-21,24,26-28,30-32,34-45,47-49,51-54H2,1-2H3,(H,59,62)/b23-17-,25-22-,33-29-,50-46+. The summed E-state index contributed by atoms with van der Waals surface area (Å²) in [4.78, 5) is 24.4. The smallest absolute Gasteiger partial charge is 0.305 e. The summed E-state index contributed by atoms with van der Waals surface area (Å²) in [6.07, 6.45) is 67.0. The van der Waals surface area contributed by atoms with E-state index in [0.717, 1.165) is 77.0 Å². The Bertz CT molecular complexity index is 1080. The van der Waals surface area contributed by atoms with Gasteiger partial charge in [0.1, 0.15) is 0 Å². The molecule has 0 fully saturated rings. The fraction of sp³-hybridized carbons (Fsp3) is 0.828. The van der Waals surface area contributed by atoms with E-state index in [0.29, 0.717) is 19.4 Å². The van der Waals surface area contributed by atoms with Crippen LogP contribution in [-0.2, 0) is 14.3 Å². The molecule has 0 aliphatic carbocycles. The molecular formula is C58H107NO5. The van der Waals surface area contributed by atoms with Crippen LogP contribution in [0.15, 0.2) is 48.6 Å². The summed E-state index contributed by atoms with van der Waals surface area (Å²) in [6.45, 7) is 4.84. The number of aliphatic hydroxyl groups excluding tert-OH is 2. The van der Waals surface area contributed by atoms with Gasteiger partial charge in [-0.3, -0.25) is 9.59 Å². The van der Waals surface area contributed by atoms with Gasteiger partial charge in [-0.1, -0.05) is 229 Å². The number of carbonyl (C=O) groups excluding carboxylic acids is 2. The molecule has 2 unspecified atom stereocenters. The number of hydrogen-bond acceptors (Lipinski definition) is 5. The first-order valence-corrected chi connectivity index (χ1v) is 27.9.